The van der Waals surface area contributed by atoms with Gasteiger partial charge in [0.15, 0.2) is 5.78 Å². The van der Waals surface area contributed by atoms with Gasteiger partial charge in [0.1, 0.15) is 5.82 Å². The summed E-state index contributed by atoms with van der Waals surface area (Å²) in [5, 5.41) is 6.11. The zero-order chi connectivity index (χ0) is 25.2. The molecule has 2 atom stereocenters. The molecule has 36 heavy (non-hydrogen) atoms. The number of ketones is 1. The number of hydrogen-bond donors (Lipinski definition) is 2. The first-order chi connectivity index (χ1) is 17.5. The topological polar surface area (TPSA) is 58.2 Å². The van der Waals surface area contributed by atoms with Crippen LogP contribution in [0.1, 0.15) is 42.7 Å². The van der Waals surface area contributed by atoms with Gasteiger partial charge in [-0.15, -0.1) is 11.8 Å². The van der Waals surface area contributed by atoms with Crippen LogP contribution >= 0.6 is 11.8 Å². The molecule has 4 nitrogen and oxygen atoms in total. The molecule has 0 saturated carbocycles. The number of dihydropyridines is 1. The number of anilines is 1. The fourth-order valence-corrected chi connectivity index (χ4v) is 5.59. The van der Waals surface area contributed by atoms with Gasteiger partial charge >= 0.3 is 0 Å². The van der Waals surface area contributed by atoms with Crippen LogP contribution < -0.4 is 10.6 Å². The van der Waals surface area contributed by atoms with Gasteiger partial charge in [-0.25, -0.2) is 4.39 Å². The maximum atomic E-state index is 14.3. The van der Waals surface area contributed by atoms with Gasteiger partial charge in [-0.3, -0.25) is 9.59 Å². The second-order valence-corrected chi connectivity index (χ2v) is 10.0. The molecule has 6 heteroatoms. The smallest absolute Gasteiger partial charge is 0.254 e. The van der Waals surface area contributed by atoms with E-state index in [0.717, 1.165) is 21.7 Å². The third-order valence-corrected chi connectivity index (χ3v) is 7.66. The van der Waals surface area contributed by atoms with Crippen LogP contribution in [0.3, 0.4) is 0 Å². The van der Waals surface area contributed by atoms with Crippen LogP contribution in [0, 0.1) is 5.82 Å². The summed E-state index contributed by atoms with van der Waals surface area (Å²) in [4.78, 5) is 28.4. The fourth-order valence-electron chi connectivity index (χ4n) is 5.18. The molecule has 1 aliphatic carbocycles. The van der Waals surface area contributed by atoms with Crippen LogP contribution in [0.25, 0.3) is 0 Å². The number of thioether (sulfide) groups is 1. The highest BCUT2D eigenvalue weighted by atomic mass is 32.2. The van der Waals surface area contributed by atoms with Gasteiger partial charge in [0, 0.05) is 39.8 Å². The highest BCUT2D eigenvalue weighted by Crippen LogP contribution is 2.45. The van der Waals surface area contributed by atoms with Crippen LogP contribution in [0.2, 0.25) is 0 Å². The van der Waals surface area contributed by atoms with Crippen molar-refractivity contribution in [3.8, 4) is 0 Å². The number of benzene rings is 3. The highest BCUT2D eigenvalue weighted by Gasteiger charge is 2.41. The van der Waals surface area contributed by atoms with Crippen molar-refractivity contribution in [2.24, 2.45) is 0 Å². The number of Topliss-reactive ketones (excluding diaryl/α,β-unsaturated/α-hetero) is 1. The minimum absolute atomic E-state index is 0.0280. The number of carbonyl (C=O) groups is 2. The summed E-state index contributed by atoms with van der Waals surface area (Å²) in [7, 11) is 0. The van der Waals surface area contributed by atoms with E-state index in [4.69, 9.17) is 0 Å². The predicted octanol–water partition coefficient (Wildman–Crippen LogP) is 6.55. The van der Waals surface area contributed by atoms with E-state index in [0.29, 0.717) is 29.7 Å². The number of nitrogens with one attached hydrogen (secondary N) is 2. The van der Waals surface area contributed by atoms with Gasteiger partial charge < -0.3 is 10.6 Å². The maximum absolute atomic E-state index is 14.3. The molecule has 1 aliphatic heterocycles. The first kappa shape index (κ1) is 24.1. The molecule has 3 aromatic carbocycles. The van der Waals surface area contributed by atoms with Crippen molar-refractivity contribution in [1.29, 1.82) is 0 Å². The van der Waals surface area contributed by atoms with Crippen LogP contribution in [-0.4, -0.2) is 17.9 Å². The third kappa shape index (κ3) is 4.61. The number of para-hydroxylation sites is 1. The van der Waals surface area contributed by atoms with E-state index in [2.05, 4.69) is 22.8 Å². The Balaban J connectivity index is 1.57. The molecular weight excluding hydrogens is 471 g/mol. The summed E-state index contributed by atoms with van der Waals surface area (Å²) in [5.41, 5.74) is 4.69. The van der Waals surface area contributed by atoms with Gasteiger partial charge in [0.25, 0.3) is 5.91 Å². The van der Waals surface area contributed by atoms with Crippen molar-refractivity contribution >= 4 is 29.1 Å². The Morgan fingerprint density at radius 3 is 2.33 bits per heavy atom. The fraction of sp³-hybridized carbons (Fsp3) is 0.200. The molecule has 2 aliphatic rings. The van der Waals surface area contributed by atoms with Crippen LogP contribution in [0.5, 0.6) is 0 Å². The molecule has 182 valence electrons. The Morgan fingerprint density at radius 1 is 0.944 bits per heavy atom. The van der Waals surface area contributed by atoms with Gasteiger partial charge in [0.2, 0.25) is 0 Å². The largest absolute Gasteiger partial charge is 0.362 e. The summed E-state index contributed by atoms with van der Waals surface area (Å²) >= 11 is 1.63. The second-order valence-electron chi connectivity index (χ2n) is 9.14. The molecule has 1 amide bonds. The minimum atomic E-state index is -0.534. The number of amides is 1. The molecule has 0 saturated heterocycles. The predicted molar refractivity (Wildman–Crippen MR) is 142 cm³/mol. The number of allylic oxidation sites excluding steroid dienone is 3. The normalized spacial score (nSPS) is 19.6. The molecule has 0 fully saturated rings. The maximum Gasteiger partial charge on any atom is 0.254 e. The minimum Gasteiger partial charge on any atom is -0.362 e. The van der Waals surface area contributed by atoms with E-state index in [1.165, 1.54) is 12.1 Å². The first-order valence-electron chi connectivity index (χ1n) is 11.9. The molecule has 5 rings (SSSR count). The molecule has 0 aromatic heterocycles. The SMILES string of the molecule is CSc1ccc([C@@H]2C(C(=O)Nc3ccccc3F)=C(C)NC3=C2C(=O)C[C@H](c2ccccc2)C3)cc1. The van der Waals surface area contributed by atoms with Gasteiger partial charge in [-0.05, 0) is 60.9 Å². The lowest BCUT2D eigenvalue weighted by molar-refractivity contribution is -0.116. The van der Waals surface area contributed by atoms with E-state index in [9.17, 15) is 14.0 Å². The van der Waals surface area contributed by atoms with Gasteiger partial charge in [-0.2, -0.15) is 0 Å². The van der Waals surface area contributed by atoms with Gasteiger partial charge in [0.05, 0.1) is 5.69 Å². The van der Waals surface area contributed by atoms with Crippen LogP contribution in [-0.2, 0) is 9.59 Å². The van der Waals surface area contributed by atoms with E-state index in [1.54, 1.807) is 23.9 Å². The summed E-state index contributed by atoms with van der Waals surface area (Å²) in [6.45, 7) is 1.85. The van der Waals surface area contributed by atoms with Gasteiger partial charge in [-0.1, -0.05) is 54.6 Å². The quantitative estimate of drug-likeness (QED) is 0.392. The molecule has 1 heterocycles. The standard InChI is InChI=1S/C30H27FN2O2S/c1-18-27(30(35)33-24-11-7-6-10-23(24)31)28(20-12-14-22(36-2)15-13-20)29-25(32-18)16-21(17-26(29)34)19-8-4-3-5-9-19/h3-15,21,28,32H,16-17H2,1-2H3,(H,33,35)/t21-,28-/m1/s1. The average molecular weight is 499 g/mol. The van der Waals surface area contributed by atoms with Crippen molar-refractivity contribution in [3.05, 3.63) is 118 Å². The number of halogens is 1. The Labute approximate surface area is 214 Å². The monoisotopic (exact) mass is 498 g/mol. The number of rotatable bonds is 5. The van der Waals surface area contributed by atoms with E-state index in [-0.39, 0.29) is 17.4 Å². The highest BCUT2D eigenvalue weighted by molar-refractivity contribution is 7.98. The Hall–Kier alpha value is -3.64. The Morgan fingerprint density at radius 2 is 1.64 bits per heavy atom. The lowest BCUT2D eigenvalue weighted by Crippen LogP contribution is -2.37. The molecule has 0 radical (unpaired) electrons. The number of hydrogen-bond acceptors (Lipinski definition) is 4. The molecule has 3 aromatic rings. The molecule has 0 spiro atoms. The molecule has 0 bridgehead atoms. The van der Waals surface area contributed by atoms with Crippen LogP contribution in [0.4, 0.5) is 10.1 Å². The van der Waals surface area contributed by atoms with Crippen molar-refractivity contribution in [2.75, 3.05) is 11.6 Å². The Kier molecular flexibility index (Phi) is 6.79. The Bertz CT molecular complexity index is 1380. The van der Waals surface area contributed by atoms with Crippen molar-refractivity contribution in [2.45, 2.75) is 36.5 Å². The van der Waals surface area contributed by atoms with E-state index >= 15 is 0 Å². The lowest BCUT2D eigenvalue weighted by atomic mass is 9.71. The zero-order valence-corrected chi connectivity index (χ0v) is 21.0. The summed E-state index contributed by atoms with van der Waals surface area (Å²) in [5.74, 6) is -1.36. The third-order valence-electron chi connectivity index (χ3n) is 6.91. The average Bonchev–Trinajstić information content (AvgIpc) is 2.89. The molecule has 0 unspecified atom stereocenters. The molecular formula is C30H27FN2O2S. The van der Waals surface area contributed by atoms with Crippen LogP contribution in [0.15, 0.2) is 106 Å². The summed E-state index contributed by atoms with van der Waals surface area (Å²) < 4.78 is 14.3. The second kappa shape index (κ2) is 10.2. The lowest BCUT2D eigenvalue weighted by Gasteiger charge is -2.37. The summed E-state index contributed by atoms with van der Waals surface area (Å²) in [6.07, 6.45) is 3.07. The first-order valence-corrected chi connectivity index (χ1v) is 13.2. The van der Waals surface area contributed by atoms with Crippen molar-refractivity contribution < 1.29 is 14.0 Å². The summed E-state index contributed by atoms with van der Waals surface area (Å²) in [6, 6.07) is 24.1. The van der Waals surface area contributed by atoms with Crippen molar-refractivity contribution in [3.63, 3.8) is 0 Å². The van der Waals surface area contributed by atoms with E-state index < -0.39 is 17.6 Å². The van der Waals surface area contributed by atoms with Crippen molar-refractivity contribution in [1.82, 2.24) is 5.32 Å². The zero-order valence-electron chi connectivity index (χ0n) is 20.2. The number of carbonyl (C=O) groups excluding carboxylic acids is 2. The molecule has 2 N–H and O–H groups in total. The van der Waals surface area contributed by atoms with E-state index in [1.807, 2.05) is 55.6 Å².